The van der Waals surface area contributed by atoms with E-state index in [1.165, 1.54) is 0 Å². The maximum absolute atomic E-state index is 12.3. The number of hydrogen-bond donors (Lipinski definition) is 0. The molecule has 3 unspecified atom stereocenters. The van der Waals surface area contributed by atoms with Crippen molar-refractivity contribution in [1.29, 1.82) is 0 Å². The molecule has 110 valence electrons. The largest absolute Gasteiger partial charge is 0.377 e. The number of benzene rings is 1. The van der Waals surface area contributed by atoms with E-state index < -0.39 is 0 Å². The summed E-state index contributed by atoms with van der Waals surface area (Å²) in [6, 6.07) is 9.47. The van der Waals surface area contributed by atoms with Crippen LogP contribution in [-0.4, -0.2) is 56.7 Å². The van der Waals surface area contributed by atoms with Crippen LogP contribution < -0.4 is 0 Å². The van der Waals surface area contributed by atoms with Crippen molar-refractivity contribution in [3.8, 4) is 0 Å². The van der Waals surface area contributed by atoms with Gasteiger partial charge >= 0.3 is 0 Å². The zero-order valence-electron chi connectivity index (χ0n) is 12.4. The van der Waals surface area contributed by atoms with Crippen molar-refractivity contribution in [3.63, 3.8) is 0 Å². The highest BCUT2D eigenvalue weighted by Gasteiger charge is 2.34. The Morgan fingerprint density at radius 3 is 2.25 bits per heavy atom. The number of carbonyl (C=O) groups excluding carboxylic acids is 1. The molecule has 3 atom stereocenters. The summed E-state index contributed by atoms with van der Waals surface area (Å²) in [6.45, 7) is 4.37. The van der Waals surface area contributed by atoms with Crippen LogP contribution in [0.2, 0.25) is 0 Å². The lowest BCUT2D eigenvalue weighted by molar-refractivity contribution is -0.00461. The second-order valence-corrected chi connectivity index (χ2v) is 5.40. The molecule has 0 aromatic heterocycles. The van der Waals surface area contributed by atoms with Crippen LogP contribution in [0.4, 0.5) is 0 Å². The number of carbonyl (C=O) groups is 1. The van der Waals surface area contributed by atoms with Gasteiger partial charge in [-0.3, -0.25) is 9.69 Å². The molecule has 20 heavy (non-hydrogen) atoms. The van der Waals surface area contributed by atoms with Crippen LogP contribution in [0.3, 0.4) is 0 Å². The van der Waals surface area contributed by atoms with Crippen molar-refractivity contribution >= 4 is 5.78 Å². The topological polar surface area (TPSA) is 38.8 Å². The van der Waals surface area contributed by atoms with Crippen LogP contribution in [0.25, 0.3) is 0 Å². The Labute approximate surface area is 120 Å². The molecule has 0 aliphatic carbocycles. The van der Waals surface area contributed by atoms with Gasteiger partial charge in [0.15, 0.2) is 5.78 Å². The Kier molecular flexibility index (Phi) is 5.29. The molecule has 4 heteroatoms. The highest BCUT2D eigenvalue weighted by molar-refractivity contribution is 5.97. The Hall–Kier alpha value is -1.23. The van der Waals surface area contributed by atoms with Gasteiger partial charge in [-0.05, 0) is 0 Å². The minimum Gasteiger partial charge on any atom is -0.377 e. The lowest BCUT2D eigenvalue weighted by Gasteiger charge is -2.19. The molecule has 1 aromatic rings. The van der Waals surface area contributed by atoms with Gasteiger partial charge in [0.25, 0.3) is 0 Å². The fourth-order valence-corrected chi connectivity index (χ4v) is 2.78. The first-order valence-corrected chi connectivity index (χ1v) is 7.03. The smallest absolute Gasteiger partial charge is 0.166 e. The van der Waals surface area contributed by atoms with Crippen molar-refractivity contribution in [1.82, 2.24) is 4.90 Å². The van der Waals surface area contributed by atoms with Gasteiger partial charge in [-0.15, -0.1) is 0 Å². The third-order valence-corrected chi connectivity index (χ3v) is 3.93. The predicted molar refractivity (Wildman–Crippen MR) is 78.0 cm³/mol. The number of ether oxygens (including phenoxy) is 2. The average molecular weight is 277 g/mol. The summed E-state index contributed by atoms with van der Waals surface area (Å²) in [4.78, 5) is 14.6. The lowest BCUT2D eigenvalue weighted by Crippen LogP contribution is -2.31. The van der Waals surface area contributed by atoms with Crippen LogP contribution >= 0.6 is 0 Å². The third kappa shape index (κ3) is 3.45. The predicted octanol–water partition coefficient (Wildman–Crippen LogP) is 1.85. The normalized spacial score (nSPS) is 24.8. The van der Waals surface area contributed by atoms with Gasteiger partial charge < -0.3 is 9.47 Å². The third-order valence-electron chi connectivity index (χ3n) is 3.93. The van der Waals surface area contributed by atoms with E-state index in [9.17, 15) is 4.79 Å². The van der Waals surface area contributed by atoms with Crippen molar-refractivity contribution in [2.75, 3.05) is 33.9 Å². The van der Waals surface area contributed by atoms with Crippen LogP contribution in [0.1, 0.15) is 17.3 Å². The zero-order valence-corrected chi connectivity index (χ0v) is 12.4. The molecule has 1 aliphatic heterocycles. The fraction of sp³-hybridized carbons (Fsp3) is 0.562. The second-order valence-electron chi connectivity index (χ2n) is 5.40. The quantitative estimate of drug-likeness (QED) is 0.744. The highest BCUT2D eigenvalue weighted by atomic mass is 16.5. The van der Waals surface area contributed by atoms with E-state index >= 15 is 0 Å². The number of likely N-dealkylation sites (tertiary alicyclic amines) is 1. The average Bonchev–Trinajstić information content (AvgIpc) is 2.89. The monoisotopic (exact) mass is 277 g/mol. The summed E-state index contributed by atoms with van der Waals surface area (Å²) >= 11 is 0. The number of rotatable bonds is 6. The van der Waals surface area contributed by atoms with E-state index in [-0.39, 0.29) is 23.9 Å². The molecule has 1 aromatic carbocycles. The second kappa shape index (κ2) is 6.97. The van der Waals surface area contributed by atoms with Gasteiger partial charge in [0.1, 0.15) is 0 Å². The van der Waals surface area contributed by atoms with Crippen molar-refractivity contribution in [3.05, 3.63) is 35.9 Å². The SMILES string of the molecule is COC1CN(CC(C)C(=O)c2ccccc2)CC1OC. The molecule has 1 aliphatic rings. The zero-order chi connectivity index (χ0) is 14.5. The minimum atomic E-state index is -0.0227. The Bertz CT molecular complexity index is 423. The minimum absolute atomic E-state index is 0.0227. The summed E-state index contributed by atoms with van der Waals surface area (Å²) in [6.07, 6.45) is 0.193. The molecule has 0 bridgehead atoms. The maximum atomic E-state index is 12.3. The molecule has 0 amide bonds. The summed E-state index contributed by atoms with van der Waals surface area (Å²) in [5.74, 6) is 0.172. The first-order chi connectivity index (χ1) is 9.65. The van der Waals surface area contributed by atoms with E-state index in [0.29, 0.717) is 0 Å². The highest BCUT2D eigenvalue weighted by Crippen LogP contribution is 2.18. The van der Waals surface area contributed by atoms with E-state index in [2.05, 4.69) is 4.90 Å². The van der Waals surface area contributed by atoms with Crippen molar-refractivity contribution < 1.29 is 14.3 Å². The van der Waals surface area contributed by atoms with Crippen LogP contribution in [0.15, 0.2) is 30.3 Å². The van der Waals surface area contributed by atoms with Crippen molar-refractivity contribution in [2.24, 2.45) is 5.92 Å². The summed E-state index contributed by atoms with van der Waals surface area (Å²) < 4.78 is 10.8. The molecule has 1 saturated heterocycles. The molecular weight excluding hydrogens is 254 g/mol. The molecule has 0 spiro atoms. The number of hydrogen-bond acceptors (Lipinski definition) is 4. The summed E-state index contributed by atoms with van der Waals surface area (Å²) in [7, 11) is 3.41. The first-order valence-electron chi connectivity index (χ1n) is 7.03. The van der Waals surface area contributed by atoms with E-state index in [1.807, 2.05) is 37.3 Å². The number of ketones is 1. The van der Waals surface area contributed by atoms with Gasteiger partial charge in [0, 0.05) is 45.3 Å². The number of methoxy groups -OCH3 is 2. The summed E-state index contributed by atoms with van der Waals surface area (Å²) in [5, 5.41) is 0. The van der Waals surface area contributed by atoms with E-state index in [0.717, 1.165) is 25.2 Å². The molecule has 4 nitrogen and oxygen atoms in total. The van der Waals surface area contributed by atoms with E-state index in [4.69, 9.17) is 9.47 Å². The van der Waals surface area contributed by atoms with Crippen LogP contribution in [0.5, 0.6) is 0 Å². The Morgan fingerprint density at radius 1 is 1.20 bits per heavy atom. The molecule has 1 heterocycles. The van der Waals surface area contributed by atoms with Crippen LogP contribution in [-0.2, 0) is 9.47 Å². The van der Waals surface area contributed by atoms with Gasteiger partial charge in [-0.2, -0.15) is 0 Å². The summed E-state index contributed by atoms with van der Waals surface area (Å²) in [5.41, 5.74) is 0.783. The van der Waals surface area contributed by atoms with E-state index in [1.54, 1.807) is 14.2 Å². The van der Waals surface area contributed by atoms with Gasteiger partial charge in [0.2, 0.25) is 0 Å². The van der Waals surface area contributed by atoms with Gasteiger partial charge in [0.05, 0.1) is 12.2 Å². The molecule has 0 radical (unpaired) electrons. The fourth-order valence-electron chi connectivity index (χ4n) is 2.78. The Morgan fingerprint density at radius 2 is 1.75 bits per heavy atom. The standard InChI is InChI=1S/C16H23NO3/c1-12(16(18)13-7-5-4-6-8-13)9-17-10-14(19-2)15(11-17)20-3/h4-8,12,14-15H,9-11H2,1-3H3. The first kappa shape index (κ1) is 15.2. The van der Waals surface area contributed by atoms with Crippen LogP contribution in [0, 0.1) is 5.92 Å². The lowest BCUT2D eigenvalue weighted by atomic mass is 9.99. The number of nitrogens with zero attached hydrogens (tertiary/aromatic N) is 1. The molecular formula is C16H23NO3. The van der Waals surface area contributed by atoms with Gasteiger partial charge in [-0.1, -0.05) is 37.3 Å². The maximum Gasteiger partial charge on any atom is 0.166 e. The molecule has 0 saturated carbocycles. The van der Waals surface area contributed by atoms with Gasteiger partial charge in [-0.25, -0.2) is 0 Å². The Balaban J connectivity index is 1.92. The molecule has 1 fully saturated rings. The molecule has 2 rings (SSSR count). The number of Topliss-reactive ketones (excluding diaryl/α,β-unsaturated/α-hetero) is 1. The molecule has 0 N–H and O–H groups in total. The van der Waals surface area contributed by atoms with Crippen molar-refractivity contribution in [2.45, 2.75) is 19.1 Å².